The fourth-order valence-corrected chi connectivity index (χ4v) is 4.34. The highest BCUT2D eigenvalue weighted by molar-refractivity contribution is 14.0. The minimum absolute atomic E-state index is 0. The van der Waals surface area contributed by atoms with Gasteiger partial charge in [-0.1, -0.05) is 36.8 Å². The number of piperidine rings is 1. The Balaban J connectivity index is 0.00000280. The molecule has 2 N–H and O–H groups in total. The van der Waals surface area contributed by atoms with Crippen molar-refractivity contribution < 1.29 is 0 Å². The molecule has 1 unspecified atom stereocenters. The summed E-state index contributed by atoms with van der Waals surface area (Å²) in [6, 6.07) is 11.3. The summed E-state index contributed by atoms with van der Waals surface area (Å²) in [6.45, 7) is 6.09. The number of benzene rings is 1. The number of nitrogens with one attached hydrogen (secondary N) is 2. The molecule has 1 aliphatic rings. The van der Waals surface area contributed by atoms with E-state index in [1.807, 2.05) is 13.2 Å². The Morgan fingerprint density at radius 3 is 2.79 bits per heavy atom. The van der Waals surface area contributed by atoms with Crippen LogP contribution < -0.4 is 10.6 Å². The normalized spacial score (nSPS) is 17.8. The number of halogens is 1. The molecule has 2 heterocycles. The van der Waals surface area contributed by atoms with Crippen molar-refractivity contribution in [1.82, 2.24) is 20.5 Å². The molecule has 1 aromatic carbocycles. The second-order valence-corrected chi connectivity index (χ2v) is 8.42. The van der Waals surface area contributed by atoms with Crippen molar-refractivity contribution in [3.05, 3.63) is 52.0 Å². The Bertz CT molecular complexity index is 719. The molecule has 154 valence electrons. The van der Waals surface area contributed by atoms with Crippen LogP contribution in [0.5, 0.6) is 0 Å². The molecule has 0 aliphatic carbocycles. The van der Waals surface area contributed by atoms with E-state index >= 15 is 0 Å². The SMILES string of the molecule is CN=C(NCCc1ncc(C)s1)NCC1CCCCN1Cc1ccccc1.I. The molecule has 0 amide bonds. The third kappa shape index (κ3) is 7.33. The van der Waals surface area contributed by atoms with Crippen LogP contribution in [-0.4, -0.2) is 48.6 Å². The zero-order valence-electron chi connectivity index (χ0n) is 16.9. The van der Waals surface area contributed by atoms with Crippen LogP contribution in [0, 0.1) is 6.92 Å². The van der Waals surface area contributed by atoms with E-state index in [0.29, 0.717) is 6.04 Å². The monoisotopic (exact) mass is 513 g/mol. The number of hydrogen-bond donors (Lipinski definition) is 2. The highest BCUT2D eigenvalue weighted by atomic mass is 127. The highest BCUT2D eigenvalue weighted by Crippen LogP contribution is 2.19. The van der Waals surface area contributed by atoms with Crippen LogP contribution in [0.1, 0.15) is 34.7 Å². The molecule has 3 rings (SSSR count). The summed E-state index contributed by atoms with van der Waals surface area (Å²) >= 11 is 1.77. The molecule has 1 saturated heterocycles. The number of hydrogen-bond acceptors (Lipinski definition) is 4. The van der Waals surface area contributed by atoms with Gasteiger partial charge in [-0.2, -0.15) is 0 Å². The van der Waals surface area contributed by atoms with Crippen LogP contribution in [0.4, 0.5) is 0 Å². The number of rotatable bonds is 7. The van der Waals surface area contributed by atoms with Gasteiger partial charge in [0.15, 0.2) is 5.96 Å². The smallest absolute Gasteiger partial charge is 0.191 e. The van der Waals surface area contributed by atoms with Crippen molar-refractivity contribution in [2.45, 2.75) is 45.2 Å². The third-order valence-electron chi connectivity index (χ3n) is 5.01. The quantitative estimate of drug-likeness (QED) is 0.336. The Kier molecular flexibility index (Phi) is 10.2. The number of aryl methyl sites for hydroxylation is 1. The zero-order chi connectivity index (χ0) is 18.9. The van der Waals surface area contributed by atoms with E-state index in [-0.39, 0.29) is 24.0 Å². The molecule has 0 bridgehead atoms. The summed E-state index contributed by atoms with van der Waals surface area (Å²) in [4.78, 5) is 12.7. The van der Waals surface area contributed by atoms with Gasteiger partial charge >= 0.3 is 0 Å². The van der Waals surface area contributed by atoms with Gasteiger partial charge < -0.3 is 10.6 Å². The van der Waals surface area contributed by atoms with Gasteiger partial charge in [0.25, 0.3) is 0 Å². The first-order valence-corrected chi connectivity index (χ1v) is 10.7. The maximum Gasteiger partial charge on any atom is 0.191 e. The van der Waals surface area contributed by atoms with E-state index in [4.69, 9.17) is 0 Å². The van der Waals surface area contributed by atoms with E-state index in [9.17, 15) is 0 Å². The molecule has 1 aliphatic heterocycles. The van der Waals surface area contributed by atoms with Crippen molar-refractivity contribution >= 4 is 41.3 Å². The van der Waals surface area contributed by atoms with E-state index in [1.54, 1.807) is 11.3 Å². The molecule has 0 saturated carbocycles. The standard InChI is InChI=1S/C21H31N5S.HI/c1-17-14-24-20(27-17)11-12-23-21(22-2)25-15-19-10-6-7-13-26(19)16-18-8-4-3-5-9-18;/h3-5,8-9,14,19H,6-7,10-13,15-16H2,1-2H3,(H2,22,23,25);1H. The van der Waals surface area contributed by atoms with Crippen LogP contribution >= 0.6 is 35.3 Å². The van der Waals surface area contributed by atoms with Crippen LogP contribution in [0.3, 0.4) is 0 Å². The molecule has 28 heavy (non-hydrogen) atoms. The van der Waals surface area contributed by atoms with Gasteiger partial charge in [0.1, 0.15) is 0 Å². The third-order valence-corrected chi connectivity index (χ3v) is 5.98. The first kappa shape index (κ1) is 23.1. The summed E-state index contributed by atoms with van der Waals surface area (Å²) < 4.78 is 0. The first-order chi connectivity index (χ1) is 13.2. The second-order valence-electron chi connectivity index (χ2n) is 7.10. The van der Waals surface area contributed by atoms with Crippen molar-refractivity contribution in [2.75, 3.05) is 26.7 Å². The van der Waals surface area contributed by atoms with Crippen LogP contribution in [0.2, 0.25) is 0 Å². The maximum absolute atomic E-state index is 4.42. The lowest BCUT2D eigenvalue weighted by molar-refractivity contribution is 0.141. The molecule has 1 atom stereocenters. The lowest BCUT2D eigenvalue weighted by Crippen LogP contribution is -2.49. The number of aromatic nitrogens is 1. The number of thiazole rings is 1. The summed E-state index contributed by atoms with van der Waals surface area (Å²) in [5, 5.41) is 8.12. The number of nitrogens with zero attached hydrogens (tertiary/aromatic N) is 3. The van der Waals surface area contributed by atoms with E-state index < -0.39 is 0 Å². The molecule has 2 aromatic rings. The average molecular weight is 513 g/mol. The fraction of sp³-hybridized carbons (Fsp3) is 0.524. The van der Waals surface area contributed by atoms with Gasteiger partial charge in [-0.15, -0.1) is 35.3 Å². The maximum atomic E-state index is 4.42. The minimum atomic E-state index is 0. The minimum Gasteiger partial charge on any atom is -0.356 e. The summed E-state index contributed by atoms with van der Waals surface area (Å²) in [7, 11) is 1.84. The molecule has 1 fully saturated rings. The number of likely N-dealkylation sites (tertiary alicyclic amines) is 1. The molecular formula is C21H32IN5S. The second kappa shape index (κ2) is 12.4. The molecular weight excluding hydrogens is 481 g/mol. The summed E-state index contributed by atoms with van der Waals surface area (Å²) in [5.74, 6) is 0.883. The van der Waals surface area contributed by atoms with Crippen LogP contribution in [-0.2, 0) is 13.0 Å². The topological polar surface area (TPSA) is 52.6 Å². The summed E-state index contributed by atoms with van der Waals surface area (Å²) in [5.41, 5.74) is 1.39. The zero-order valence-corrected chi connectivity index (χ0v) is 20.0. The fourth-order valence-electron chi connectivity index (χ4n) is 3.56. The summed E-state index contributed by atoms with van der Waals surface area (Å²) in [6.07, 6.45) is 6.73. The van der Waals surface area contributed by atoms with E-state index in [0.717, 1.165) is 32.0 Å². The highest BCUT2D eigenvalue weighted by Gasteiger charge is 2.22. The number of aliphatic imine (C=N–C) groups is 1. The Morgan fingerprint density at radius 2 is 2.07 bits per heavy atom. The Hall–Kier alpha value is -1.19. The molecule has 1 aromatic heterocycles. The van der Waals surface area contributed by atoms with Gasteiger partial charge in [-0.25, -0.2) is 4.98 Å². The largest absolute Gasteiger partial charge is 0.356 e. The van der Waals surface area contributed by atoms with E-state index in [2.05, 4.69) is 62.8 Å². The molecule has 5 nitrogen and oxygen atoms in total. The average Bonchev–Trinajstić information content (AvgIpc) is 3.11. The predicted octanol–water partition coefficient (Wildman–Crippen LogP) is 3.83. The van der Waals surface area contributed by atoms with Crippen molar-refractivity contribution in [1.29, 1.82) is 0 Å². The van der Waals surface area contributed by atoms with Gasteiger partial charge in [-0.05, 0) is 31.9 Å². The van der Waals surface area contributed by atoms with Crippen LogP contribution in [0.15, 0.2) is 41.5 Å². The van der Waals surface area contributed by atoms with Gasteiger partial charge in [0.05, 0.1) is 5.01 Å². The van der Waals surface area contributed by atoms with Crippen molar-refractivity contribution in [3.8, 4) is 0 Å². The molecule has 7 heteroatoms. The number of guanidine groups is 1. The lowest BCUT2D eigenvalue weighted by atomic mass is 10.0. The van der Waals surface area contributed by atoms with Crippen LogP contribution in [0.25, 0.3) is 0 Å². The Labute approximate surface area is 190 Å². The van der Waals surface area contributed by atoms with Gasteiger partial charge in [0.2, 0.25) is 0 Å². The van der Waals surface area contributed by atoms with Crippen molar-refractivity contribution in [3.63, 3.8) is 0 Å². The molecule has 0 spiro atoms. The Morgan fingerprint density at radius 1 is 1.25 bits per heavy atom. The first-order valence-electron chi connectivity index (χ1n) is 9.88. The van der Waals surface area contributed by atoms with Crippen molar-refractivity contribution in [2.24, 2.45) is 4.99 Å². The van der Waals surface area contributed by atoms with E-state index in [1.165, 1.54) is 41.3 Å². The van der Waals surface area contributed by atoms with Gasteiger partial charge in [0, 0.05) is 50.2 Å². The predicted molar refractivity (Wildman–Crippen MR) is 130 cm³/mol. The lowest BCUT2D eigenvalue weighted by Gasteiger charge is -2.36. The molecule has 0 radical (unpaired) electrons. The van der Waals surface area contributed by atoms with Gasteiger partial charge in [-0.3, -0.25) is 9.89 Å².